The number of nitriles is 1. The van der Waals surface area contributed by atoms with Crippen LogP contribution < -0.4 is 10.0 Å². The fourth-order valence-electron chi connectivity index (χ4n) is 3.01. The van der Waals surface area contributed by atoms with Crippen LogP contribution in [-0.4, -0.2) is 33.7 Å². The zero-order valence-electron chi connectivity index (χ0n) is 13.5. The van der Waals surface area contributed by atoms with E-state index in [-0.39, 0.29) is 18.8 Å². The maximum atomic E-state index is 11.7. The third-order valence-electron chi connectivity index (χ3n) is 4.12. The molecule has 1 aliphatic rings. The van der Waals surface area contributed by atoms with Gasteiger partial charge in [-0.15, -0.1) is 12.4 Å². The van der Waals surface area contributed by atoms with Crippen molar-refractivity contribution in [1.82, 2.24) is 10.0 Å². The number of piperidine rings is 1. The number of hydrogen-bond donors (Lipinski definition) is 2. The molecule has 0 unspecified atom stereocenters. The van der Waals surface area contributed by atoms with E-state index < -0.39 is 21.3 Å². The molecule has 1 heterocycles. The number of aryl methyl sites for hydroxylation is 1. The molecule has 8 heteroatoms. The Balaban J connectivity index is 0.00000288. The van der Waals surface area contributed by atoms with E-state index in [9.17, 15) is 18.5 Å². The number of nitrogens with zero attached hydrogens (tertiary/aromatic N) is 1. The normalized spacial score (nSPS) is 16.5. The van der Waals surface area contributed by atoms with Crippen LogP contribution in [0.5, 0.6) is 0 Å². The van der Waals surface area contributed by atoms with Crippen LogP contribution in [0.3, 0.4) is 0 Å². The molecule has 1 aliphatic heterocycles. The summed E-state index contributed by atoms with van der Waals surface area (Å²) in [5.41, 5.74) is 1.35. The van der Waals surface area contributed by atoms with Gasteiger partial charge in [0, 0.05) is 6.42 Å². The minimum atomic E-state index is -3.54. The fourth-order valence-corrected chi connectivity index (χ4v) is 3.52. The summed E-state index contributed by atoms with van der Waals surface area (Å²) in [4.78, 5) is 11.7. The molecule has 0 aromatic heterocycles. The van der Waals surface area contributed by atoms with Crippen molar-refractivity contribution in [3.63, 3.8) is 0 Å². The van der Waals surface area contributed by atoms with Crippen molar-refractivity contribution < 1.29 is 13.2 Å². The molecule has 0 aliphatic carbocycles. The van der Waals surface area contributed by atoms with Gasteiger partial charge in [-0.25, -0.2) is 8.42 Å². The Morgan fingerprint density at radius 3 is 2.54 bits per heavy atom. The third kappa shape index (κ3) is 5.20. The molecule has 0 saturated carbocycles. The number of benzene rings is 1. The molecule has 1 aromatic carbocycles. The zero-order chi connectivity index (χ0) is 16.9. The molecule has 24 heavy (non-hydrogen) atoms. The first-order valence-corrected chi connectivity index (χ1v) is 9.46. The standard InChI is InChI=1S/C16H21N3O3S.ClH/c1-23(21,22)19-15(20)7-6-13-4-2-3-5-14(13)16(12-17)8-10-18-11-9-16;/h2-5,18H,6-11H2,1H3,(H,19,20);1H. The Hall–Kier alpha value is -1.62. The summed E-state index contributed by atoms with van der Waals surface area (Å²) in [6, 6.07) is 10.1. The highest BCUT2D eigenvalue weighted by atomic mass is 35.5. The van der Waals surface area contributed by atoms with Crippen LogP contribution in [-0.2, 0) is 26.7 Å². The first-order valence-electron chi connectivity index (χ1n) is 7.57. The number of rotatable bonds is 5. The van der Waals surface area contributed by atoms with Gasteiger partial charge in [0.25, 0.3) is 0 Å². The van der Waals surface area contributed by atoms with Crippen molar-refractivity contribution in [2.45, 2.75) is 31.1 Å². The maximum absolute atomic E-state index is 11.7. The van der Waals surface area contributed by atoms with Crippen LogP contribution in [0.4, 0.5) is 0 Å². The molecular formula is C16H22ClN3O3S. The number of halogens is 1. The summed E-state index contributed by atoms with van der Waals surface area (Å²) in [5, 5.41) is 13.0. The lowest BCUT2D eigenvalue weighted by atomic mass is 9.72. The van der Waals surface area contributed by atoms with Crippen molar-refractivity contribution in [2.24, 2.45) is 0 Å². The lowest BCUT2D eigenvalue weighted by molar-refractivity contribution is -0.119. The molecule has 1 saturated heterocycles. The second-order valence-electron chi connectivity index (χ2n) is 5.90. The van der Waals surface area contributed by atoms with Crippen LogP contribution in [0.2, 0.25) is 0 Å². The molecule has 1 aromatic rings. The fraction of sp³-hybridized carbons (Fsp3) is 0.500. The number of amides is 1. The second kappa shape index (κ2) is 8.47. The zero-order valence-corrected chi connectivity index (χ0v) is 15.2. The van der Waals surface area contributed by atoms with Crippen LogP contribution in [0.15, 0.2) is 24.3 Å². The SMILES string of the molecule is CS(=O)(=O)NC(=O)CCc1ccccc1C1(C#N)CCNCC1.Cl. The highest BCUT2D eigenvalue weighted by Crippen LogP contribution is 2.35. The topological polar surface area (TPSA) is 99.1 Å². The lowest BCUT2D eigenvalue weighted by Gasteiger charge is -2.33. The van der Waals surface area contributed by atoms with Crippen LogP contribution in [0.1, 0.15) is 30.4 Å². The van der Waals surface area contributed by atoms with Crippen molar-refractivity contribution >= 4 is 28.3 Å². The van der Waals surface area contributed by atoms with Gasteiger partial charge in [0.15, 0.2) is 0 Å². The van der Waals surface area contributed by atoms with Crippen molar-refractivity contribution in [3.05, 3.63) is 35.4 Å². The summed E-state index contributed by atoms with van der Waals surface area (Å²) < 4.78 is 24.1. The largest absolute Gasteiger partial charge is 0.317 e. The van der Waals surface area contributed by atoms with Gasteiger partial charge in [-0.2, -0.15) is 5.26 Å². The molecule has 1 fully saturated rings. The third-order valence-corrected chi connectivity index (χ3v) is 4.72. The van der Waals surface area contributed by atoms with E-state index >= 15 is 0 Å². The first kappa shape index (κ1) is 20.4. The second-order valence-corrected chi connectivity index (χ2v) is 7.65. The van der Waals surface area contributed by atoms with E-state index in [1.54, 1.807) is 0 Å². The molecule has 132 valence electrons. The Morgan fingerprint density at radius 1 is 1.33 bits per heavy atom. The minimum Gasteiger partial charge on any atom is -0.317 e. The van der Waals surface area contributed by atoms with E-state index in [0.717, 1.165) is 43.3 Å². The molecule has 0 bridgehead atoms. The molecule has 0 radical (unpaired) electrons. The average molecular weight is 372 g/mol. The number of hydrogen-bond acceptors (Lipinski definition) is 5. The molecule has 0 spiro atoms. The summed E-state index contributed by atoms with van der Waals surface area (Å²) >= 11 is 0. The van der Waals surface area contributed by atoms with Gasteiger partial charge in [0.05, 0.1) is 17.7 Å². The van der Waals surface area contributed by atoms with Gasteiger partial charge in [-0.1, -0.05) is 24.3 Å². The quantitative estimate of drug-likeness (QED) is 0.811. The minimum absolute atomic E-state index is 0. The Kier molecular flexibility index (Phi) is 7.21. The van der Waals surface area contributed by atoms with Crippen molar-refractivity contribution in [3.8, 4) is 6.07 Å². The van der Waals surface area contributed by atoms with E-state index in [2.05, 4.69) is 11.4 Å². The van der Waals surface area contributed by atoms with E-state index in [1.165, 1.54) is 0 Å². The predicted molar refractivity (Wildman–Crippen MR) is 94.4 cm³/mol. The molecule has 1 amide bonds. The molecule has 6 nitrogen and oxygen atoms in total. The average Bonchev–Trinajstić information content (AvgIpc) is 2.52. The van der Waals surface area contributed by atoms with Gasteiger partial charge in [0.1, 0.15) is 0 Å². The molecule has 0 atom stereocenters. The number of carbonyl (C=O) groups excluding carboxylic acids is 1. The Morgan fingerprint density at radius 2 is 1.96 bits per heavy atom. The summed E-state index contributed by atoms with van der Waals surface area (Å²) in [5.74, 6) is -0.529. The van der Waals surface area contributed by atoms with Crippen LogP contribution >= 0.6 is 12.4 Å². The summed E-state index contributed by atoms with van der Waals surface area (Å²) in [7, 11) is -3.54. The highest BCUT2D eigenvalue weighted by Gasteiger charge is 2.35. The predicted octanol–water partition coefficient (Wildman–Crippen LogP) is 1.26. The van der Waals surface area contributed by atoms with Crippen LogP contribution in [0, 0.1) is 11.3 Å². The summed E-state index contributed by atoms with van der Waals surface area (Å²) in [6.45, 7) is 1.58. The molecular weight excluding hydrogens is 350 g/mol. The molecule has 2 N–H and O–H groups in total. The van der Waals surface area contributed by atoms with Crippen molar-refractivity contribution in [2.75, 3.05) is 19.3 Å². The Bertz CT molecular complexity index is 722. The highest BCUT2D eigenvalue weighted by molar-refractivity contribution is 7.89. The lowest BCUT2D eigenvalue weighted by Crippen LogP contribution is -2.39. The number of carbonyl (C=O) groups is 1. The van der Waals surface area contributed by atoms with Gasteiger partial charge in [-0.3, -0.25) is 9.52 Å². The molecule has 2 rings (SSSR count). The first-order chi connectivity index (χ1) is 10.9. The smallest absolute Gasteiger partial charge is 0.233 e. The maximum Gasteiger partial charge on any atom is 0.233 e. The van der Waals surface area contributed by atoms with Gasteiger partial charge < -0.3 is 5.32 Å². The van der Waals surface area contributed by atoms with Gasteiger partial charge in [0.2, 0.25) is 15.9 Å². The number of nitrogens with one attached hydrogen (secondary N) is 2. The Labute approximate surface area is 149 Å². The monoisotopic (exact) mass is 371 g/mol. The summed E-state index contributed by atoms with van der Waals surface area (Å²) in [6.07, 6.45) is 2.91. The van der Waals surface area contributed by atoms with Gasteiger partial charge >= 0.3 is 0 Å². The van der Waals surface area contributed by atoms with E-state index in [0.29, 0.717) is 6.42 Å². The number of sulfonamides is 1. The van der Waals surface area contributed by atoms with E-state index in [1.807, 2.05) is 29.0 Å². The van der Waals surface area contributed by atoms with E-state index in [4.69, 9.17) is 0 Å². The van der Waals surface area contributed by atoms with Crippen molar-refractivity contribution in [1.29, 1.82) is 5.26 Å². The van der Waals surface area contributed by atoms with Gasteiger partial charge in [-0.05, 0) is 43.5 Å². The van der Waals surface area contributed by atoms with Crippen LogP contribution in [0.25, 0.3) is 0 Å².